The SMILES string of the molecule is CCCc1nc(N)cc(NC2CC3CCC2O3)n1. The maximum absolute atomic E-state index is 5.83. The van der Waals surface area contributed by atoms with Crippen LogP contribution in [0.25, 0.3) is 0 Å². The van der Waals surface area contributed by atoms with E-state index < -0.39 is 0 Å². The zero-order valence-corrected chi connectivity index (χ0v) is 10.7. The molecule has 5 nitrogen and oxygen atoms in total. The molecule has 1 aromatic heterocycles. The fraction of sp³-hybridized carbons (Fsp3) is 0.692. The molecule has 2 fully saturated rings. The molecule has 0 amide bonds. The third-order valence-corrected chi connectivity index (χ3v) is 3.71. The van der Waals surface area contributed by atoms with Crippen LogP contribution in [0.5, 0.6) is 0 Å². The van der Waals surface area contributed by atoms with Gasteiger partial charge < -0.3 is 15.8 Å². The van der Waals surface area contributed by atoms with Crippen molar-refractivity contribution in [2.45, 2.75) is 57.3 Å². The van der Waals surface area contributed by atoms with Gasteiger partial charge in [-0.1, -0.05) is 6.92 Å². The monoisotopic (exact) mass is 248 g/mol. The maximum atomic E-state index is 5.83. The van der Waals surface area contributed by atoms with E-state index in [4.69, 9.17) is 10.5 Å². The smallest absolute Gasteiger partial charge is 0.133 e. The van der Waals surface area contributed by atoms with E-state index in [-0.39, 0.29) is 0 Å². The Kier molecular flexibility index (Phi) is 3.07. The molecule has 3 N–H and O–H groups in total. The minimum Gasteiger partial charge on any atom is -0.384 e. The van der Waals surface area contributed by atoms with Gasteiger partial charge in [-0.3, -0.25) is 0 Å². The molecule has 3 atom stereocenters. The number of aryl methyl sites for hydroxylation is 1. The highest BCUT2D eigenvalue weighted by molar-refractivity contribution is 5.45. The van der Waals surface area contributed by atoms with Crippen molar-refractivity contribution in [3.05, 3.63) is 11.9 Å². The van der Waals surface area contributed by atoms with Gasteiger partial charge in [-0.2, -0.15) is 0 Å². The first-order chi connectivity index (χ1) is 8.74. The predicted octanol–water partition coefficient (Wildman–Crippen LogP) is 1.74. The Morgan fingerprint density at radius 2 is 2.33 bits per heavy atom. The normalized spacial score (nSPS) is 29.7. The number of nitrogen functional groups attached to an aromatic ring is 1. The van der Waals surface area contributed by atoms with Crippen LogP contribution in [0.3, 0.4) is 0 Å². The second-order valence-corrected chi connectivity index (χ2v) is 5.20. The second-order valence-electron chi connectivity index (χ2n) is 5.20. The van der Waals surface area contributed by atoms with E-state index in [2.05, 4.69) is 22.2 Å². The lowest BCUT2D eigenvalue weighted by Gasteiger charge is -2.20. The number of nitrogens with zero attached hydrogens (tertiary/aromatic N) is 2. The Bertz CT molecular complexity index is 437. The van der Waals surface area contributed by atoms with E-state index in [0.29, 0.717) is 24.1 Å². The quantitative estimate of drug-likeness (QED) is 0.849. The van der Waals surface area contributed by atoms with Crippen LogP contribution in [-0.2, 0) is 11.2 Å². The van der Waals surface area contributed by atoms with Crippen molar-refractivity contribution in [1.82, 2.24) is 9.97 Å². The van der Waals surface area contributed by atoms with Gasteiger partial charge in [0, 0.05) is 12.5 Å². The van der Waals surface area contributed by atoms with Gasteiger partial charge in [0.1, 0.15) is 17.5 Å². The van der Waals surface area contributed by atoms with Crippen LogP contribution in [0.1, 0.15) is 38.4 Å². The van der Waals surface area contributed by atoms with Gasteiger partial charge >= 0.3 is 0 Å². The molecule has 0 aromatic carbocycles. The summed E-state index contributed by atoms with van der Waals surface area (Å²) in [6.07, 6.45) is 6.13. The van der Waals surface area contributed by atoms with Crippen molar-refractivity contribution in [2.24, 2.45) is 0 Å². The summed E-state index contributed by atoms with van der Waals surface area (Å²) in [5.74, 6) is 2.20. The molecule has 0 saturated carbocycles. The molecule has 3 heterocycles. The number of aromatic nitrogens is 2. The first-order valence-electron chi connectivity index (χ1n) is 6.80. The van der Waals surface area contributed by atoms with Gasteiger partial charge in [0.05, 0.1) is 18.2 Å². The Morgan fingerprint density at radius 1 is 1.44 bits per heavy atom. The first-order valence-corrected chi connectivity index (χ1v) is 6.80. The Morgan fingerprint density at radius 3 is 3.00 bits per heavy atom. The third kappa shape index (κ3) is 2.27. The first kappa shape index (κ1) is 11.7. The molecular weight excluding hydrogens is 228 g/mol. The highest BCUT2D eigenvalue weighted by Gasteiger charge is 2.40. The van der Waals surface area contributed by atoms with Crippen molar-refractivity contribution in [3.8, 4) is 0 Å². The molecule has 5 heteroatoms. The molecule has 3 unspecified atom stereocenters. The molecule has 3 rings (SSSR count). The molecule has 98 valence electrons. The van der Waals surface area contributed by atoms with Crippen LogP contribution in [0, 0.1) is 0 Å². The van der Waals surface area contributed by atoms with Gasteiger partial charge in [0.2, 0.25) is 0 Å². The standard InChI is InChI=1S/C13H20N4O/c1-2-3-12-16-11(14)7-13(17-12)15-9-6-8-4-5-10(9)18-8/h7-10H,2-6H2,1H3,(H3,14,15,16,17). The van der Waals surface area contributed by atoms with Crippen molar-refractivity contribution in [3.63, 3.8) is 0 Å². The number of nitrogens with one attached hydrogen (secondary N) is 1. The lowest BCUT2D eigenvalue weighted by molar-refractivity contribution is 0.102. The molecule has 2 aliphatic rings. The van der Waals surface area contributed by atoms with Gasteiger partial charge in [0.25, 0.3) is 0 Å². The maximum Gasteiger partial charge on any atom is 0.133 e. The van der Waals surface area contributed by atoms with Crippen LogP contribution in [0.4, 0.5) is 11.6 Å². The summed E-state index contributed by atoms with van der Waals surface area (Å²) >= 11 is 0. The van der Waals surface area contributed by atoms with Gasteiger partial charge in [0.15, 0.2) is 0 Å². The summed E-state index contributed by atoms with van der Waals surface area (Å²) in [4.78, 5) is 8.75. The number of anilines is 2. The van der Waals surface area contributed by atoms with E-state index in [9.17, 15) is 0 Å². The molecule has 0 aliphatic carbocycles. The molecule has 2 bridgehead atoms. The molecule has 0 spiro atoms. The summed E-state index contributed by atoms with van der Waals surface area (Å²) in [6.45, 7) is 2.11. The summed E-state index contributed by atoms with van der Waals surface area (Å²) in [5, 5.41) is 3.46. The van der Waals surface area contributed by atoms with E-state index >= 15 is 0 Å². The largest absolute Gasteiger partial charge is 0.384 e. The van der Waals surface area contributed by atoms with Gasteiger partial charge in [-0.05, 0) is 25.7 Å². The summed E-state index contributed by atoms with van der Waals surface area (Å²) in [6, 6.07) is 2.19. The van der Waals surface area contributed by atoms with Crippen LogP contribution in [-0.4, -0.2) is 28.2 Å². The van der Waals surface area contributed by atoms with Crippen molar-refractivity contribution < 1.29 is 4.74 Å². The number of hydrogen-bond donors (Lipinski definition) is 2. The average molecular weight is 248 g/mol. The predicted molar refractivity (Wildman–Crippen MR) is 70.4 cm³/mol. The number of rotatable bonds is 4. The number of ether oxygens (including phenoxy) is 1. The molecular formula is C13H20N4O. The summed E-state index contributed by atoms with van der Waals surface area (Å²) in [7, 11) is 0. The van der Waals surface area contributed by atoms with Crippen LogP contribution in [0.2, 0.25) is 0 Å². The fourth-order valence-electron chi connectivity index (χ4n) is 2.91. The van der Waals surface area contributed by atoms with E-state index in [1.165, 1.54) is 6.42 Å². The van der Waals surface area contributed by atoms with Crippen molar-refractivity contribution in [1.29, 1.82) is 0 Å². The molecule has 2 saturated heterocycles. The highest BCUT2D eigenvalue weighted by Crippen LogP contribution is 2.35. The number of nitrogens with two attached hydrogens (primary N) is 1. The van der Waals surface area contributed by atoms with E-state index in [0.717, 1.165) is 37.3 Å². The minimum absolute atomic E-state index is 0.348. The lowest BCUT2D eigenvalue weighted by Crippen LogP contribution is -2.31. The van der Waals surface area contributed by atoms with Crippen LogP contribution in [0.15, 0.2) is 6.07 Å². The average Bonchev–Trinajstić information content (AvgIpc) is 2.90. The summed E-state index contributed by atoms with van der Waals surface area (Å²) < 4.78 is 5.83. The van der Waals surface area contributed by atoms with E-state index in [1.54, 1.807) is 0 Å². The molecule has 18 heavy (non-hydrogen) atoms. The third-order valence-electron chi connectivity index (χ3n) is 3.71. The Hall–Kier alpha value is -1.36. The highest BCUT2D eigenvalue weighted by atomic mass is 16.5. The molecule has 2 aliphatic heterocycles. The van der Waals surface area contributed by atoms with Crippen LogP contribution < -0.4 is 11.1 Å². The van der Waals surface area contributed by atoms with Gasteiger partial charge in [-0.15, -0.1) is 0 Å². The van der Waals surface area contributed by atoms with Gasteiger partial charge in [-0.25, -0.2) is 9.97 Å². The van der Waals surface area contributed by atoms with Crippen LogP contribution >= 0.6 is 0 Å². The molecule has 1 aromatic rings. The Balaban J connectivity index is 1.72. The van der Waals surface area contributed by atoms with Crippen molar-refractivity contribution in [2.75, 3.05) is 11.1 Å². The molecule has 0 radical (unpaired) electrons. The minimum atomic E-state index is 0.348. The topological polar surface area (TPSA) is 73.1 Å². The number of hydrogen-bond acceptors (Lipinski definition) is 5. The lowest BCUT2D eigenvalue weighted by atomic mass is 9.95. The number of fused-ring (bicyclic) bond motifs is 2. The fourth-order valence-corrected chi connectivity index (χ4v) is 2.91. The zero-order chi connectivity index (χ0) is 12.5. The summed E-state index contributed by atoms with van der Waals surface area (Å²) in [5.41, 5.74) is 5.82. The second kappa shape index (κ2) is 4.72. The van der Waals surface area contributed by atoms with Crippen molar-refractivity contribution >= 4 is 11.6 Å². The Labute approximate surface area is 107 Å². The van der Waals surface area contributed by atoms with E-state index in [1.807, 2.05) is 6.07 Å². The zero-order valence-electron chi connectivity index (χ0n) is 10.7.